The van der Waals surface area contributed by atoms with Crippen LogP contribution in [0.2, 0.25) is 0 Å². The van der Waals surface area contributed by atoms with Crippen LogP contribution in [0.25, 0.3) is 0 Å². The van der Waals surface area contributed by atoms with Crippen molar-refractivity contribution in [3.63, 3.8) is 0 Å². The zero-order valence-electron chi connectivity index (χ0n) is 17.7. The van der Waals surface area contributed by atoms with Crippen molar-refractivity contribution >= 4 is 27.5 Å². The van der Waals surface area contributed by atoms with Crippen molar-refractivity contribution in [2.45, 2.75) is 43.9 Å². The van der Waals surface area contributed by atoms with Gasteiger partial charge in [0.2, 0.25) is 21.8 Å². The molecule has 166 valence electrons. The predicted molar refractivity (Wildman–Crippen MR) is 117 cm³/mol. The number of amides is 2. The molecule has 0 radical (unpaired) electrons. The molecule has 1 aliphatic rings. The summed E-state index contributed by atoms with van der Waals surface area (Å²) < 4.78 is 33.9. The van der Waals surface area contributed by atoms with Gasteiger partial charge in [0.25, 0.3) is 0 Å². The summed E-state index contributed by atoms with van der Waals surface area (Å²) in [5.41, 5.74) is 1.46. The van der Waals surface area contributed by atoms with Crippen LogP contribution < -0.4 is 10.0 Å². The number of nitrogens with zero attached hydrogens (tertiary/aromatic N) is 1. The van der Waals surface area contributed by atoms with Gasteiger partial charge in [-0.1, -0.05) is 30.3 Å². The smallest absolute Gasteiger partial charge is 0.241 e. The maximum Gasteiger partial charge on any atom is 0.241 e. The fourth-order valence-electron chi connectivity index (χ4n) is 3.53. The van der Waals surface area contributed by atoms with Gasteiger partial charge in [-0.25, -0.2) is 8.42 Å². The molecule has 2 unspecified atom stereocenters. The molecule has 2 N–H and O–H groups in total. The Kier molecular flexibility index (Phi) is 7.09. The Morgan fingerprint density at radius 1 is 1.06 bits per heavy atom. The minimum atomic E-state index is -3.91. The van der Waals surface area contributed by atoms with E-state index in [0.717, 1.165) is 5.56 Å². The number of benzene rings is 2. The summed E-state index contributed by atoms with van der Waals surface area (Å²) in [6.07, 6.45) is -0.438. The molecule has 1 saturated heterocycles. The normalized spacial score (nSPS) is 20.2. The van der Waals surface area contributed by atoms with Crippen LogP contribution in [0.15, 0.2) is 59.5 Å². The Bertz CT molecular complexity index is 1020. The van der Waals surface area contributed by atoms with E-state index in [1.54, 1.807) is 4.90 Å². The third-order valence-corrected chi connectivity index (χ3v) is 6.49. The predicted octanol–water partition coefficient (Wildman–Crippen LogP) is 2.30. The van der Waals surface area contributed by atoms with E-state index in [-0.39, 0.29) is 28.9 Å². The number of ether oxygens (including phenoxy) is 1. The Labute approximate surface area is 182 Å². The first-order valence-corrected chi connectivity index (χ1v) is 11.5. The second-order valence-corrected chi connectivity index (χ2v) is 9.35. The van der Waals surface area contributed by atoms with Crippen LogP contribution in [-0.4, -0.2) is 50.4 Å². The van der Waals surface area contributed by atoms with Crippen molar-refractivity contribution < 1.29 is 22.7 Å². The Morgan fingerprint density at radius 2 is 1.71 bits per heavy atom. The van der Waals surface area contributed by atoms with Gasteiger partial charge in [0.15, 0.2) is 0 Å². The third-order valence-electron chi connectivity index (χ3n) is 4.93. The fraction of sp³-hybridized carbons (Fsp3) is 0.364. The summed E-state index contributed by atoms with van der Waals surface area (Å²) in [7, 11) is -3.91. The van der Waals surface area contributed by atoms with Crippen molar-refractivity contribution in [1.29, 1.82) is 0 Å². The number of hydrogen-bond acceptors (Lipinski definition) is 5. The standard InChI is InChI=1S/C22H27N3O5S/c1-15-13-25(14-21(30-15)18-7-5-4-6-8-18)22(27)16(2)24-31(28,29)20-11-9-19(10-12-20)23-17(3)26/h4-12,15-16,21,24H,13-14H2,1-3H3,(H,23,26)/t15?,16-,21?/m0/s1. The summed E-state index contributed by atoms with van der Waals surface area (Å²) >= 11 is 0. The highest BCUT2D eigenvalue weighted by Gasteiger charge is 2.33. The number of carbonyl (C=O) groups excluding carboxylic acids is 2. The Balaban J connectivity index is 1.68. The minimum absolute atomic E-state index is 0.0127. The third kappa shape index (κ3) is 5.90. The summed E-state index contributed by atoms with van der Waals surface area (Å²) in [5.74, 6) is -0.559. The number of hydrogen-bond donors (Lipinski definition) is 2. The zero-order chi connectivity index (χ0) is 22.6. The quantitative estimate of drug-likeness (QED) is 0.710. The fourth-order valence-corrected chi connectivity index (χ4v) is 4.73. The van der Waals surface area contributed by atoms with E-state index in [9.17, 15) is 18.0 Å². The second kappa shape index (κ2) is 9.59. The van der Waals surface area contributed by atoms with Crippen LogP contribution in [0.5, 0.6) is 0 Å². The number of anilines is 1. The monoisotopic (exact) mass is 445 g/mol. The molecule has 0 bridgehead atoms. The molecule has 2 aromatic rings. The van der Waals surface area contributed by atoms with E-state index in [1.165, 1.54) is 38.1 Å². The Hall–Kier alpha value is -2.75. The molecule has 1 heterocycles. The van der Waals surface area contributed by atoms with Crippen molar-refractivity contribution in [2.75, 3.05) is 18.4 Å². The summed E-state index contributed by atoms with van der Waals surface area (Å²) in [6.45, 7) is 5.53. The van der Waals surface area contributed by atoms with Crippen LogP contribution in [0, 0.1) is 0 Å². The number of morpholine rings is 1. The molecule has 0 aliphatic carbocycles. The van der Waals surface area contributed by atoms with Gasteiger partial charge in [-0.15, -0.1) is 0 Å². The van der Waals surface area contributed by atoms with E-state index in [1.807, 2.05) is 37.3 Å². The van der Waals surface area contributed by atoms with Crippen LogP contribution in [0.4, 0.5) is 5.69 Å². The van der Waals surface area contributed by atoms with Crippen molar-refractivity contribution in [3.8, 4) is 0 Å². The van der Waals surface area contributed by atoms with Gasteiger partial charge < -0.3 is 15.0 Å². The Morgan fingerprint density at radius 3 is 2.32 bits per heavy atom. The summed E-state index contributed by atoms with van der Waals surface area (Å²) in [4.78, 5) is 25.8. The molecule has 3 rings (SSSR count). The van der Waals surface area contributed by atoms with Crippen molar-refractivity contribution in [3.05, 3.63) is 60.2 Å². The average molecular weight is 446 g/mol. The molecule has 31 heavy (non-hydrogen) atoms. The van der Waals surface area contributed by atoms with Gasteiger partial charge in [-0.3, -0.25) is 9.59 Å². The number of carbonyl (C=O) groups is 2. The lowest BCUT2D eigenvalue weighted by atomic mass is 10.1. The van der Waals surface area contributed by atoms with Crippen LogP contribution in [0.1, 0.15) is 32.4 Å². The van der Waals surface area contributed by atoms with Crippen molar-refractivity contribution in [2.24, 2.45) is 0 Å². The van der Waals surface area contributed by atoms with Crippen LogP contribution in [-0.2, 0) is 24.3 Å². The first-order chi connectivity index (χ1) is 14.7. The zero-order valence-corrected chi connectivity index (χ0v) is 18.6. The molecule has 1 fully saturated rings. The lowest BCUT2D eigenvalue weighted by Gasteiger charge is -2.38. The molecule has 0 aromatic heterocycles. The van der Waals surface area contributed by atoms with Crippen molar-refractivity contribution in [1.82, 2.24) is 9.62 Å². The first kappa shape index (κ1) is 22.9. The molecule has 0 spiro atoms. The molecule has 1 aliphatic heterocycles. The molecule has 2 amide bonds. The lowest BCUT2D eigenvalue weighted by molar-refractivity contribution is -0.146. The van der Waals surface area contributed by atoms with E-state index < -0.39 is 16.1 Å². The van der Waals surface area contributed by atoms with Gasteiger partial charge in [0.05, 0.1) is 23.6 Å². The highest BCUT2D eigenvalue weighted by molar-refractivity contribution is 7.89. The number of rotatable bonds is 6. The van der Waals surface area contributed by atoms with Gasteiger partial charge in [-0.2, -0.15) is 4.72 Å². The summed E-state index contributed by atoms with van der Waals surface area (Å²) in [6, 6.07) is 14.5. The summed E-state index contributed by atoms with van der Waals surface area (Å²) in [5, 5.41) is 2.58. The maximum atomic E-state index is 13.0. The van der Waals surface area contributed by atoms with Gasteiger partial charge in [-0.05, 0) is 43.7 Å². The SMILES string of the molecule is CC(=O)Nc1ccc(S(=O)(=O)N[C@@H](C)C(=O)N2CC(C)OC(c3ccccc3)C2)cc1. The van der Waals surface area contributed by atoms with Crippen LogP contribution in [0.3, 0.4) is 0 Å². The van der Waals surface area contributed by atoms with Gasteiger partial charge >= 0.3 is 0 Å². The van der Waals surface area contributed by atoms with Crippen LogP contribution >= 0.6 is 0 Å². The molecular weight excluding hydrogens is 418 g/mol. The molecule has 2 aromatic carbocycles. The molecular formula is C22H27N3O5S. The average Bonchev–Trinajstić information content (AvgIpc) is 2.73. The van der Waals surface area contributed by atoms with Gasteiger partial charge in [0, 0.05) is 19.2 Å². The molecule has 3 atom stereocenters. The topological polar surface area (TPSA) is 105 Å². The van der Waals surface area contributed by atoms with E-state index in [0.29, 0.717) is 18.8 Å². The van der Waals surface area contributed by atoms with E-state index in [4.69, 9.17) is 4.74 Å². The minimum Gasteiger partial charge on any atom is -0.367 e. The largest absolute Gasteiger partial charge is 0.367 e. The first-order valence-electron chi connectivity index (χ1n) is 10.0. The van der Waals surface area contributed by atoms with Gasteiger partial charge in [0.1, 0.15) is 6.10 Å². The lowest BCUT2D eigenvalue weighted by Crippen LogP contribution is -2.52. The highest BCUT2D eigenvalue weighted by atomic mass is 32.2. The molecule has 9 heteroatoms. The highest BCUT2D eigenvalue weighted by Crippen LogP contribution is 2.25. The second-order valence-electron chi connectivity index (χ2n) is 7.64. The number of sulfonamides is 1. The maximum absolute atomic E-state index is 13.0. The molecule has 0 saturated carbocycles. The molecule has 8 nitrogen and oxygen atoms in total. The van der Waals surface area contributed by atoms with E-state index >= 15 is 0 Å². The number of nitrogens with one attached hydrogen (secondary N) is 2. The van der Waals surface area contributed by atoms with E-state index in [2.05, 4.69) is 10.0 Å².